The number of piperidine rings is 1. The van der Waals surface area contributed by atoms with Gasteiger partial charge in [0, 0.05) is 24.8 Å². The smallest absolute Gasteiger partial charge is 0.410 e. The van der Waals surface area contributed by atoms with Gasteiger partial charge in [0.15, 0.2) is 0 Å². The van der Waals surface area contributed by atoms with Gasteiger partial charge < -0.3 is 26.1 Å². The van der Waals surface area contributed by atoms with Gasteiger partial charge >= 0.3 is 6.09 Å². The Morgan fingerprint density at radius 3 is 2.84 bits per heavy atom. The fourth-order valence-corrected chi connectivity index (χ4v) is 2.68. The molecule has 6 nitrogen and oxygen atoms in total. The van der Waals surface area contributed by atoms with Crippen LogP contribution >= 0.6 is 0 Å². The lowest BCUT2D eigenvalue weighted by Crippen LogP contribution is -2.48. The number of nitrogens with two attached hydrogens (primary N) is 1. The summed E-state index contributed by atoms with van der Waals surface area (Å²) in [5.41, 5.74) is 7.43. The van der Waals surface area contributed by atoms with Crippen molar-refractivity contribution in [3.63, 3.8) is 0 Å². The van der Waals surface area contributed by atoms with Crippen LogP contribution in [0, 0.1) is 11.3 Å². The molecule has 4 N–H and O–H groups in total. The molecule has 0 bridgehead atoms. The Hall–Kier alpha value is -2.50. The van der Waals surface area contributed by atoms with E-state index in [1.165, 1.54) is 0 Å². The number of rotatable bonds is 6. The minimum Gasteiger partial charge on any atom is -0.445 e. The number of benzene rings is 1. The van der Waals surface area contributed by atoms with Crippen LogP contribution in [0.2, 0.25) is 0 Å². The third-order valence-corrected chi connectivity index (χ3v) is 4.19. The SMILES string of the molecule is CC(C)C(=N)/C=C(/N)NC1CCCN(C(=O)OCc2ccccc2)C1. The maximum Gasteiger partial charge on any atom is 0.410 e. The fraction of sp³-hybridized carbons (Fsp3) is 0.474. The van der Waals surface area contributed by atoms with Crippen molar-refractivity contribution in [3.05, 3.63) is 47.8 Å². The second kappa shape index (κ2) is 9.11. The molecule has 1 unspecified atom stereocenters. The second-order valence-electron chi connectivity index (χ2n) is 6.68. The van der Waals surface area contributed by atoms with E-state index in [1.54, 1.807) is 11.0 Å². The highest BCUT2D eigenvalue weighted by Gasteiger charge is 2.24. The molecule has 6 heteroatoms. The molecule has 0 aliphatic carbocycles. The van der Waals surface area contributed by atoms with Gasteiger partial charge in [-0.1, -0.05) is 44.2 Å². The van der Waals surface area contributed by atoms with Crippen LogP contribution in [0.5, 0.6) is 0 Å². The topological polar surface area (TPSA) is 91.4 Å². The van der Waals surface area contributed by atoms with Crippen LogP contribution in [-0.2, 0) is 11.3 Å². The van der Waals surface area contributed by atoms with E-state index in [2.05, 4.69) is 5.32 Å². The highest BCUT2D eigenvalue weighted by Crippen LogP contribution is 2.13. The number of likely N-dealkylation sites (tertiary alicyclic amines) is 1. The number of hydrogen-bond donors (Lipinski definition) is 3. The van der Waals surface area contributed by atoms with Crippen molar-refractivity contribution < 1.29 is 9.53 Å². The molecular weight excluding hydrogens is 316 g/mol. The highest BCUT2D eigenvalue weighted by molar-refractivity contribution is 5.94. The molecule has 25 heavy (non-hydrogen) atoms. The minimum absolute atomic E-state index is 0.0780. The lowest BCUT2D eigenvalue weighted by atomic mass is 10.1. The minimum atomic E-state index is -0.298. The van der Waals surface area contributed by atoms with E-state index < -0.39 is 0 Å². The van der Waals surface area contributed by atoms with E-state index in [9.17, 15) is 4.79 Å². The summed E-state index contributed by atoms with van der Waals surface area (Å²) in [5, 5.41) is 11.1. The summed E-state index contributed by atoms with van der Waals surface area (Å²) >= 11 is 0. The van der Waals surface area contributed by atoms with Crippen LogP contribution in [0.4, 0.5) is 4.79 Å². The average Bonchev–Trinajstić information content (AvgIpc) is 2.60. The lowest BCUT2D eigenvalue weighted by molar-refractivity contribution is 0.0841. The molecule has 1 amide bonds. The summed E-state index contributed by atoms with van der Waals surface area (Å²) in [6.45, 7) is 5.44. The quantitative estimate of drug-likeness (QED) is 0.692. The van der Waals surface area contributed by atoms with Crippen molar-refractivity contribution in [1.29, 1.82) is 5.41 Å². The molecule has 0 spiro atoms. The Kier molecular flexibility index (Phi) is 6.86. The van der Waals surface area contributed by atoms with Gasteiger partial charge in [0.25, 0.3) is 0 Å². The number of nitrogens with one attached hydrogen (secondary N) is 2. The van der Waals surface area contributed by atoms with Crippen molar-refractivity contribution in [3.8, 4) is 0 Å². The number of hydrogen-bond acceptors (Lipinski definition) is 5. The van der Waals surface area contributed by atoms with Crippen LogP contribution in [0.25, 0.3) is 0 Å². The zero-order valence-electron chi connectivity index (χ0n) is 15.0. The predicted molar refractivity (Wildman–Crippen MR) is 99.2 cm³/mol. The molecule has 2 rings (SSSR count). The third-order valence-electron chi connectivity index (χ3n) is 4.19. The summed E-state index contributed by atoms with van der Waals surface area (Å²) in [5.74, 6) is 0.611. The van der Waals surface area contributed by atoms with Gasteiger partial charge in [-0.25, -0.2) is 4.79 Å². The Morgan fingerprint density at radius 1 is 1.44 bits per heavy atom. The highest BCUT2D eigenvalue weighted by atomic mass is 16.6. The molecule has 1 aliphatic rings. The van der Waals surface area contributed by atoms with Gasteiger partial charge in [0.2, 0.25) is 0 Å². The monoisotopic (exact) mass is 344 g/mol. The van der Waals surface area contributed by atoms with Crippen LogP contribution in [0.15, 0.2) is 42.2 Å². The third kappa shape index (κ3) is 6.14. The summed E-state index contributed by atoms with van der Waals surface area (Å²) in [4.78, 5) is 14.0. The number of carbonyl (C=O) groups excluding carboxylic acids is 1. The Morgan fingerprint density at radius 2 is 2.16 bits per heavy atom. The number of allylic oxidation sites excluding steroid dienone is 1. The Labute approximate surface area is 149 Å². The first-order valence-corrected chi connectivity index (χ1v) is 8.73. The van der Waals surface area contributed by atoms with Crippen LogP contribution < -0.4 is 11.1 Å². The molecular formula is C19H28N4O2. The van der Waals surface area contributed by atoms with Gasteiger partial charge in [0.1, 0.15) is 6.61 Å². The van der Waals surface area contributed by atoms with E-state index in [0.29, 0.717) is 24.6 Å². The standard InChI is InChI=1S/C19H28N4O2/c1-14(2)17(20)11-18(21)22-16-9-6-10-23(12-16)19(24)25-13-15-7-4-3-5-8-15/h3-5,7-8,11,14,16,20,22H,6,9-10,12-13,21H2,1-2H3/b18-11-,20-17?. The normalized spacial score (nSPS) is 18.1. The number of amides is 1. The maximum atomic E-state index is 12.3. The zero-order valence-corrected chi connectivity index (χ0v) is 15.0. The summed E-state index contributed by atoms with van der Waals surface area (Å²) < 4.78 is 5.40. The first-order valence-electron chi connectivity index (χ1n) is 8.73. The molecule has 1 fully saturated rings. The van der Waals surface area contributed by atoms with Gasteiger partial charge in [-0.05, 0) is 30.4 Å². The molecule has 0 saturated carbocycles. The lowest BCUT2D eigenvalue weighted by Gasteiger charge is -2.33. The fourth-order valence-electron chi connectivity index (χ4n) is 2.68. The summed E-state index contributed by atoms with van der Waals surface area (Å²) in [6, 6.07) is 9.73. The molecule has 1 aromatic carbocycles. The number of carbonyl (C=O) groups is 1. The number of ether oxygens (including phenoxy) is 1. The van der Waals surface area contributed by atoms with Crippen LogP contribution in [0.3, 0.4) is 0 Å². The van der Waals surface area contributed by atoms with E-state index in [0.717, 1.165) is 18.4 Å². The Balaban J connectivity index is 1.83. The number of nitrogens with zero attached hydrogens (tertiary/aromatic N) is 1. The van der Waals surface area contributed by atoms with Crippen molar-refractivity contribution >= 4 is 11.8 Å². The molecule has 1 heterocycles. The Bertz CT molecular complexity index is 613. The molecule has 0 radical (unpaired) electrons. The van der Waals surface area contributed by atoms with Gasteiger partial charge in [-0.3, -0.25) is 0 Å². The van der Waals surface area contributed by atoms with E-state index in [1.807, 2.05) is 44.2 Å². The predicted octanol–water partition coefficient (Wildman–Crippen LogP) is 2.85. The zero-order chi connectivity index (χ0) is 18.2. The molecule has 1 aromatic rings. The second-order valence-corrected chi connectivity index (χ2v) is 6.68. The van der Waals surface area contributed by atoms with E-state index in [4.69, 9.17) is 15.9 Å². The average molecular weight is 344 g/mol. The van der Waals surface area contributed by atoms with Gasteiger partial charge in [-0.15, -0.1) is 0 Å². The van der Waals surface area contributed by atoms with Crippen LogP contribution in [0.1, 0.15) is 32.3 Å². The van der Waals surface area contributed by atoms with Crippen molar-refractivity contribution in [2.24, 2.45) is 11.7 Å². The van der Waals surface area contributed by atoms with E-state index in [-0.39, 0.29) is 24.7 Å². The van der Waals surface area contributed by atoms with Crippen molar-refractivity contribution in [1.82, 2.24) is 10.2 Å². The summed E-state index contributed by atoms with van der Waals surface area (Å²) in [6.07, 6.45) is 3.18. The first kappa shape index (κ1) is 18.8. The molecule has 1 atom stereocenters. The molecule has 1 aliphatic heterocycles. The largest absolute Gasteiger partial charge is 0.445 e. The van der Waals surface area contributed by atoms with Gasteiger partial charge in [-0.2, -0.15) is 0 Å². The molecule has 1 saturated heterocycles. The van der Waals surface area contributed by atoms with Crippen LogP contribution in [-0.4, -0.2) is 35.8 Å². The van der Waals surface area contributed by atoms with Crippen molar-refractivity contribution in [2.45, 2.75) is 39.3 Å². The first-order chi connectivity index (χ1) is 12.0. The van der Waals surface area contributed by atoms with E-state index >= 15 is 0 Å². The molecule has 0 aromatic heterocycles. The maximum absolute atomic E-state index is 12.3. The molecule has 136 valence electrons. The van der Waals surface area contributed by atoms with Gasteiger partial charge in [0.05, 0.1) is 5.82 Å². The summed E-state index contributed by atoms with van der Waals surface area (Å²) in [7, 11) is 0. The van der Waals surface area contributed by atoms with Crippen molar-refractivity contribution in [2.75, 3.05) is 13.1 Å².